The first-order chi connectivity index (χ1) is 13.9. The molecule has 29 heavy (non-hydrogen) atoms. The first kappa shape index (κ1) is 19.5. The molecular weight excluding hydrogens is 393 g/mol. The lowest BCUT2D eigenvalue weighted by atomic mass is 10.2. The van der Waals surface area contributed by atoms with E-state index in [4.69, 9.17) is 0 Å². The number of rotatable bonds is 3. The lowest BCUT2D eigenvalue weighted by Gasteiger charge is -2.21. The van der Waals surface area contributed by atoms with E-state index >= 15 is 0 Å². The number of fused-ring (bicyclic) bond motifs is 1. The number of halogens is 1. The van der Waals surface area contributed by atoms with Crippen molar-refractivity contribution >= 4 is 29.4 Å². The van der Waals surface area contributed by atoms with Crippen LogP contribution in [0.1, 0.15) is 41.0 Å². The number of benzene rings is 1. The summed E-state index contributed by atoms with van der Waals surface area (Å²) >= 11 is 1.26. The smallest absolute Gasteiger partial charge is 0.260 e. The molecule has 9 heteroatoms. The number of aromatic nitrogens is 4. The molecule has 0 aliphatic carbocycles. The Morgan fingerprint density at radius 3 is 2.69 bits per heavy atom. The first-order valence-corrected chi connectivity index (χ1v) is 10.3. The second-order valence-corrected chi connectivity index (χ2v) is 8.22. The molecule has 0 bridgehead atoms. The Morgan fingerprint density at radius 2 is 1.93 bits per heavy atom. The van der Waals surface area contributed by atoms with Gasteiger partial charge in [0.05, 0.1) is 5.25 Å². The topological polar surface area (TPSA) is 80.5 Å². The molecule has 0 unspecified atom stereocenters. The molecule has 1 aliphatic heterocycles. The van der Waals surface area contributed by atoms with E-state index in [9.17, 15) is 14.0 Å². The second-order valence-electron chi connectivity index (χ2n) is 7.05. The largest absolute Gasteiger partial charge is 0.278 e. The molecule has 1 aliphatic rings. The molecule has 4 rings (SSSR count). The maximum Gasteiger partial charge on any atom is 0.260 e. The number of carbonyl (C=O) groups excluding carboxylic acids is 2. The summed E-state index contributed by atoms with van der Waals surface area (Å²) < 4.78 is 14.8. The van der Waals surface area contributed by atoms with Gasteiger partial charge in [0.2, 0.25) is 11.1 Å². The van der Waals surface area contributed by atoms with Crippen LogP contribution in [-0.2, 0) is 4.79 Å². The summed E-state index contributed by atoms with van der Waals surface area (Å²) in [6.45, 7) is 4.16. The van der Waals surface area contributed by atoms with Gasteiger partial charge < -0.3 is 0 Å². The second kappa shape index (κ2) is 7.90. The van der Waals surface area contributed by atoms with Gasteiger partial charge in [-0.3, -0.25) is 14.5 Å². The summed E-state index contributed by atoms with van der Waals surface area (Å²) in [5, 5.41) is 4.46. The third-order valence-corrected chi connectivity index (χ3v) is 5.93. The van der Waals surface area contributed by atoms with Crippen molar-refractivity contribution in [2.75, 3.05) is 6.54 Å². The molecule has 2 aromatic heterocycles. The Hall–Kier alpha value is -2.81. The van der Waals surface area contributed by atoms with Crippen molar-refractivity contribution < 1.29 is 14.0 Å². The highest BCUT2D eigenvalue weighted by Gasteiger charge is 2.33. The van der Waals surface area contributed by atoms with E-state index in [1.54, 1.807) is 4.52 Å². The summed E-state index contributed by atoms with van der Waals surface area (Å²) in [5.41, 5.74) is 2.05. The van der Waals surface area contributed by atoms with Crippen LogP contribution >= 0.6 is 11.8 Å². The Kier molecular flexibility index (Phi) is 5.31. The van der Waals surface area contributed by atoms with E-state index in [0.29, 0.717) is 29.5 Å². The fourth-order valence-electron chi connectivity index (χ4n) is 3.39. The number of likely N-dealkylation sites (tertiary alicyclic amines) is 1. The monoisotopic (exact) mass is 413 g/mol. The predicted molar refractivity (Wildman–Crippen MR) is 106 cm³/mol. The average molecular weight is 413 g/mol. The summed E-state index contributed by atoms with van der Waals surface area (Å²) in [6.07, 6.45) is 2.19. The minimum atomic E-state index is -0.458. The number of imide groups is 1. The van der Waals surface area contributed by atoms with Gasteiger partial charge in [-0.25, -0.2) is 13.9 Å². The van der Waals surface area contributed by atoms with E-state index < -0.39 is 17.0 Å². The Bertz CT molecular complexity index is 1080. The molecule has 0 radical (unpaired) electrons. The van der Waals surface area contributed by atoms with Crippen molar-refractivity contribution in [1.82, 2.24) is 24.5 Å². The highest BCUT2D eigenvalue weighted by Crippen LogP contribution is 2.29. The summed E-state index contributed by atoms with van der Waals surface area (Å²) in [7, 11) is 0. The molecular formula is C20H20FN5O2S. The van der Waals surface area contributed by atoms with Crippen LogP contribution in [0.4, 0.5) is 4.39 Å². The molecule has 3 heterocycles. The van der Waals surface area contributed by atoms with Crippen LogP contribution in [0.15, 0.2) is 35.5 Å². The van der Waals surface area contributed by atoms with E-state index in [1.165, 1.54) is 40.9 Å². The molecule has 0 saturated carbocycles. The SMILES string of the molecule is Cc1cc(C)n2nc(S[C@H]3CCCCN(C(=O)c4ccc(F)cc4)C3=O)nc2n1. The fourth-order valence-corrected chi connectivity index (χ4v) is 4.42. The maximum atomic E-state index is 13.2. The molecule has 0 N–H and O–H groups in total. The summed E-state index contributed by atoms with van der Waals surface area (Å²) in [6, 6.07) is 7.16. The third kappa shape index (κ3) is 4.00. The van der Waals surface area contributed by atoms with Crippen LogP contribution in [-0.4, -0.2) is 48.1 Å². The van der Waals surface area contributed by atoms with Crippen molar-refractivity contribution in [3.8, 4) is 0 Å². The molecule has 150 valence electrons. The Morgan fingerprint density at radius 1 is 1.17 bits per heavy atom. The van der Waals surface area contributed by atoms with Gasteiger partial charge in [0.15, 0.2) is 0 Å². The minimum Gasteiger partial charge on any atom is -0.278 e. The molecule has 1 fully saturated rings. The van der Waals surface area contributed by atoms with Crippen LogP contribution in [0.3, 0.4) is 0 Å². The van der Waals surface area contributed by atoms with Crippen LogP contribution < -0.4 is 0 Å². The molecule has 3 aromatic rings. The van der Waals surface area contributed by atoms with Gasteiger partial charge in [0.1, 0.15) is 5.82 Å². The van der Waals surface area contributed by atoms with Crippen molar-refractivity contribution in [3.05, 3.63) is 53.1 Å². The van der Waals surface area contributed by atoms with E-state index in [-0.39, 0.29) is 5.91 Å². The molecule has 1 saturated heterocycles. The number of hydrogen-bond donors (Lipinski definition) is 0. The minimum absolute atomic E-state index is 0.262. The van der Waals surface area contributed by atoms with Gasteiger partial charge in [0, 0.05) is 23.5 Å². The van der Waals surface area contributed by atoms with Crippen LogP contribution in [0.5, 0.6) is 0 Å². The van der Waals surface area contributed by atoms with Gasteiger partial charge >= 0.3 is 0 Å². The number of thioether (sulfide) groups is 1. The van der Waals surface area contributed by atoms with Crippen molar-refractivity contribution in [2.45, 2.75) is 43.5 Å². The van der Waals surface area contributed by atoms with Gasteiger partial charge in [-0.05, 0) is 57.0 Å². The maximum absolute atomic E-state index is 13.2. The predicted octanol–water partition coefficient (Wildman–Crippen LogP) is 3.19. The zero-order valence-corrected chi connectivity index (χ0v) is 16.9. The van der Waals surface area contributed by atoms with Crippen LogP contribution in [0, 0.1) is 19.7 Å². The fraction of sp³-hybridized carbons (Fsp3) is 0.350. The standard InChI is InChI=1S/C20H20FN5O2S/c1-12-11-13(2)26-19(22-12)23-20(24-26)29-16-5-3-4-10-25(18(16)28)17(27)14-6-8-15(21)9-7-14/h6-9,11,16H,3-5,10H2,1-2H3/t16-/m0/s1. The summed E-state index contributed by atoms with van der Waals surface area (Å²) in [4.78, 5) is 36.0. The third-order valence-electron chi connectivity index (χ3n) is 4.82. The first-order valence-electron chi connectivity index (χ1n) is 9.41. The Balaban J connectivity index is 1.57. The normalized spacial score (nSPS) is 17.6. The number of amides is 2. The Labute approximate surface area is 171 Å². The van der Waals surface area contributed by atoms with E-state index in [2.05, 4.69) is 15.1 Å². The lowest BCUT2D eigenvalue weighted by Crippen LogP contribution is -2.41. The van der Waals surface area contributed by atoms with Crippen molar-refractivity contribution in [1.29, 1.82) is 0 Å². The zero-order valence-electron chi connectivity index (χ0n) is 16.1. The lowest BCUT2D eigenvalue weighted by molar-refractivity contribution is -0.127. The molecule has 0 spiro atoms. The van der Waals surface area contributed by atoms with Crippen molar-refractivity contribution in [3.63, 3.8) is 0 Å². The van der Waals surface area contributed by atoms with Gasteiger partial charge in [0.25, 0.3) is 11.7 Å². The number of hydrogen-bond acceptors (Lipinski definition) is 6. The molecule has 1 atom stereocenters. The van der Waals surface area contributed by atoms with Crippen molar-refractivity contribution in [2.24, 2.45) is 0 Å². The van der Waals surface area contributed by atoms with E-state index in [0.717, 1.165) is 24.2 Å². The average Bonchev–Trinajstić information content (AvgIpc) is 3.00. The van der Waals surface area contributed by atoms with Gasteiger partial charge in [-0.1, -0.05) is 18.2 Å². The number of carbonyl (C=O) groups is 2. The van der Waals surface area contributed by atoms with Gasteiger partial charge in [-0.15, -0.1) is 5.10 Å². The highest BCUT2D eigenvalue weighted by atomic mass is 32.2. The molecule has 2 amide bonds. The number of nitrogens with zero attached hydrogens (tertiary/aromatic N) is 5. The summed E-state index contributed by atoms with van der Waals surface area (Å²) in [5.74, 6) is -0.598. The number of aryl methyl sites for hydroxylation is 2. The quantitative estimate of drug-likeness (QED) is 0.614. The molecule has 1 aromatic carbocycles. The highest BCUT2D eigenvalue weighted by molar-refractivity contribution is 8.00. The van der Waals surface area contributed by atoms with Crippen LogP contribution in [0.2, 0.25) is 0 Å². The van der Waals surface area contributed by atoms with Gasteiger partial charge in [-0.2, -0.15) is 4.98 Å². The zero-order chi connectivity index (χ0) is 20.5. The molecule has 7 nitrogen and oxygen atoms in total. The van der Waals surface area contributed by atoms with Crippen LogP contribution in [0.25, 0.3) is 5.78 Å². The van der Waals surface area contributed by atoms with E-state index in [1.807, 2.05) is 19.9 Å².